The molecular weight excluding hydrogens is 270 g/mol. The molecule has 1 aliphatic heterocycles. The lowest BCUT2D eigenvalue weighted by atomic mass is 10.0. The van der Waals surface area contributed by atoms with E-state index in [-0.39, 0.29) is 10.6 Å². The van der Waals surface area contributed by atoms with Crippen molar-refractivity contribution >= 4 is 16.0 Å². The second-order valence-corrected chi connectivity index (χ2v) is 7.12. The summed E-state index contributed by atoms with van der Waals surface area (Å²) in [7, 11) is -3.85. The van der Waals surface area contributed by atoms with Crippen LogP contribution in [0.3, 0.4) is 0 Å². The van der Waals surface area contributed by atoms with Gasteiger partial charge in [0, 0.05) is 12.1 Å². The fourth-order valence-electron chi connectivity index (χ4n) is 2.52. The van der Waals surface area contributed by atoms with E-state index in [4.69, 9.17) is 5.11 Å². The van der Waals surface area contributed by atoms with E-state index in [1.54, 1.807) is 0 Å². The Hall–Kier alpha value is -1.41. The first-order chi connectivity index (χ1) is 8.68. The van der Waals surface area contributed by atoms with Gasteiger partial charge in [0.25, 0.3) is 0 Å². The number of carboxylic acid groups (broad SMARTS) is 1. The summed E-state index contributed by atoms with van der Waals surface area (Å²) in [5.41, 5.74) is -0.696. The molecule has 0 radical (unpaired) electrons. The third-order valence-corrected chi connectivity index (χ3v) is 5.74. The van der Waals surface area contributed by atoms with Gasteiger partial charge in [0.2, 0.25) is 10.0 Å². The minimum Gasteiger partial charge on any atom is -0.476 e. The molecule has 19 heavy (non-hydrogen) atoms. The van der Waals surface area contributed by atoms with Crippen LogP contribution in [0.15, 0.2) is 4.90 Å². The van der Waals surface area contributed by atoms with Gasteiger partial charge in [-0.05, 0) is 33.6 Å². The number of sulfonamides is 1. The van der Waals surface area contributed by atoms with Crippen LogP contribution in [0.25, 0.3) is 0 Å². The van der Waals surface area contributed by atoms with Gasteiger partial charge >= 0.3 is 5.97 Å². The molecular formula is C11H17N3O4S. The van der Waals surface area contributed by atoms with Gasteiger partial charge in [-0.15, -0.1) is 0 Å². The molecule has 0 saturated carbocycles. The zero-order chi connectivity index (χ0) is 14.4. The first-order valence-corrected chi connectivity index (χ1v) is 7.43. The van der Waals surface area contributed by atoms with Crippen molar-refractivity contribution in [2.75, 3.05) is 6.54 Å². The van der Waals surface area contributed by atoms with E-state index in [0.29, 0.717) is 6.54 Å². The molecule has 7 nitrogen and oxygen atoms in total. The molecule has 2 rings (SSSR count). The lowest BCUT2D eigenvalue weighted by Crippen LogP contribution is -2.43. The highest BCUT2D eigenvalue weighted by molar-refractivity contribution is 7.89. The SMILES string of the molecule is Cc1[nH]nc(C(=O)O)c1S(=O)(=O)N1CCCC1(C)C. The van der Waals surface area contributed by atoms with Crippen molar-refractivity contribution in [1.29, 1.82) is 0 Å². The summed E-state index contributed by atoms with van der Waals surface area (Å²) in [5.74, 6) is -1.35. The van der Waals surface area contributed by atoms with Crippen LogP contribution in [0, 0.1) is 6.92 Å². The van der Waals surface area contributed by atoms with E-state index in [9.17, 15) is 13.2 Å². The number of nitrogens with zero attached hydrogens (tertiary/aromatic N) is 2. The Balaban J connectivity index is 2.58. The van der Waals surface area contributed by atoms with Crippen LogP contribution < -0.4 is 0 Å². The van der Waals surface area contributed by atoms with Gasteiger partial charge in [-0.25, -0.2) is 13.2 Å². The fourth-order valence-corrected chi connectivity index (χ4v) is 4.66. The van der Waals surface area contributed by atoms with Gasteiger partial charge in [-0.2, -0.15) is 9.40 Å². The molecule has 1 aromatic rings. The van der Waals surface area contributed by atoms with Crippen molar-refractivity contribution in [3.63, 3.8) is 0 Å². The summed E-state index contributed by atoms with van der Waals surface area (Å²) >= 11 is 0. The lowest BCUT2D eigenvalue weighted by molar-refractivity contribution is 0.0685. The summed E-state index contributed by atoms with van der Waals surface area (Å²) in [5, 5.41) is 15.1. The molecule has 0 spiro atoms. The summed E-state index contributed by atoms with van der Waals surface area (Å²) in [6.45, 7) is 5.59. The van der Waals surface area contributed by atoms with Gasteiger partial charge in [0.1, 0.15) is 4.90 Å². The van der Waals surface area contributed by atoms with Crippen LogP contribution >= 0.6 is 0 Å². The maximum absolute atomic E-state index is 12.7. The lowest BCUT2D eigenvalue weighted by Gasteiger charge is -2.30. The number of carboxylic acids is 1. The Bertz CT molecular complexity index is 618. The highest BCUT2D eigenvalue weighted by Crippen LogP contribution is 2.35. The van der Waals surface area contributed by atoms with Gasteiger partial charge in [0.05, 0.1) is 5.69 Å². The van der Waals surface area contributed by atoms with Crippen molar-refractivity contribution in [2.24, 2.45) is 0 Å². The Morgan fingerprint density at radius 2 is 2.11 bits per heavy atom. The number of aromatic carboxylic acids is 1. The van der Waals surface area contributed by atoms with Crippen molar-refractivity contribution in [1.82, 2.24) is 14.5 Å². The van der Waals surface area contributed by atoms with Crippen molar-refractivity contribution < 1.29 is 18.3 Å². The molecule has 2 N–H and O–H groups in total. The molecule has 1 aliphatic rings. The standard InChI is InChI=1S/C11H17N3O4S/c1-7-9(8(10(15)16)13-12-7)19(17,18)14-6-4-5-11(14,2)3/h4-6H2,1-3H3,(H,12,13)(H,15,16). The Labute approximate surface area is 111 Å². The fraction of sp³-hybridized carbons (Fsp3) is 0.636. The number of aryl methyl sites for hydroxylation is 1. The molecule has 0 unspecified atom stereocenters. The van der Waals surface area contributed by atoms with Gasteiger partial charge in [-0.1, -0.05) is 0 Å². The minimum atomic E-state index is -3.85. The Kier molecular flexibility index (Phi) is 3.18. The number of carbonyl (C=O) groups is 1. The van der Waals surface area contributed by atoms with E-state index in [0.717, 1.165) is 12.8 Å². The van der Waals surface area contributed by atoms with E-state index in [1.807, 2.05) is 13.8 Å². The smallest absolute Gasteiger partial charge is 0.357 e. The molecule has 1 fully saturated rings. The highest BCUT2D eigenvalue weighted by Gasteiger charge is 2.43. The molecule has 0 aliphatic carbocycles. The molecule has 106 valence electrons. The largest absolute Gasteiger partial charge is 0.476 e. The zero-order valence-electron chi connectivity index (χ0n) is 11.1. The summed E-state index contributed by atoms with van der Waals surface area (Å²) in [6.07, 6.45) is 1.52. The van der Waals surface area contributed by atoms with Gasteiger partial charge < -0.3 is 5.11 Å². The maximum Gasteiger partial charge on any atom is 0.357 e. The van der Waals surface area contributed by atoms with E-state index < -0.39 is 27.2 Å². The number of rotatable bonds is 3. The Morgan fingerprint density at radius 3 is 2.58 bits per heavy atom. The van der Waals surface area contributed by atoms with Crippen molar-refractivity contribution in [3.05, 3.63) is 11.4 Å². The van der Waals surface area contributed by atoms with Crippen LogP contribution in [0.5, 0.6) is 0 Å². The molecule has 1 saturated heterocycles. The number of hydrogen-bond donors (Lipinski definition) is 2. The van der Waals surface area contributed by atoms with Crippen LogP contribution in [0.1, 0.15) is 42.9 Å². The zero-order valence-corrected chi connectivity index (χ0v) is 11.9. The van der Waals surface area contributed by atoms with Gasteiger partial charge in [-0.3, -0.25) is 5.10 Å². The van der Waals surface area contributed by atoms with E-state index in [2.05, 4.69) is 10.2 Å². The molecule has 0 aromatic carbocycles. The molecule has 0 atom stereocenters. The predicted molar refractivity (Wildman–Crippen MR) is 67.5 cm³/mol. The first-order valence-electron chi connectivity index (χ1n) is 5.99. The van der Waals surface area contributed by atoms with Crippen LogP contribution in [-0.4, -0.2) is 46.1 Å². The molecule has 0 bridgehead atoms. The third kappa shape index (κ3) is 2.14. The van der Waals surface area contributed by atoms with Crippen molar-refractivity contribution in [2.45, 2.75) is 44.0 Å². The summed E-state index contributed by atoms with van der Waals surface area (Å²) in [6, 6.07) is 0. The van der Waals surface area contributed by atoms with Gasteiger partial charge in [0.15, 0.2) is 5.69 Å². The monoisotopic (exact) mass is 287 g/mol. The number of nitrogens with one attached hydrogen (secondary N) is 1. The van der Waals surface area contributed by atoms with Crippen molar-refractivity contribution in [3.8, 4) is 0 Å². The minimum absolute atomic E-state index is 0.227. The molecule has 8 heteroatoms. The van der Waals surface area contributed by atoms with E-state index in [1.165, 1.54) is 11.2 Å². The van der Waals surface area contributed by atoms with Crippen LogP contribution in [0.2, 0.25) is 0 Å². The molecule has 2 heterocycles. The number of hydrogen-bond acceptors (Lipinski definition) is 4. The molecule has 0 amide bonds. The average Bonchev–Trinajstić information content (AvgIpc) is 2.81. The average molecular weight is 287 g/mol. The van der Waals surface area contributed by atoms with Crippen LogP contribution in [-0.2, 0) is 10.0 Å². The number of aromatic amines is 1. The first kappa shape index (κ1) is 14.0. The summed E-state index contributed by atoms with van der Waals surface area (Å²) < 4.78 is 26.7. The third-order valence-electron chi connectivity index (χ3n) is 3.47. The van der Waals surface area contributed by atoms with Crippen LogP contribution in [0.4, 0.5) is 0 Å². The predicted octanol–water partition coefficient (Wildman–Crippen LogP) is 0.979. The normalized spacial score (nSPS) is 19.7. The second-order valence-electron chi connectivity index (χ2n) is 5.32. The number of aromatic nitrogens is 2. The summed E-state index contributed by atoms with van der Waals surface area (Å²) in [4.78, 5) is 10.9. The molecule has 1 aromatic heterocycles. The topological polar surface area (TPSA) is 103 Å². The highest BCUT2D eigenvalue weighted by atomic mass is 32.2. The Morgan fingerprint density at radius 1 is 1.47 bits per heavy atom. The van der Waals surface area contributed by atoms with E-state index >= 15 is 0 Å². The number of H-pyrrole nitrogens is 1. The maximum atomic E-state index is 12.7. The quantitative estimate of drug-likeness (QED) is 0.862. The second kappa shape index (κ2) is 4.31.